The summed E-state index contributed by atoms with van der Waals surface area (Å²) in [5.41, 5.74) is 1.02. The van der Waals surface area contributed by atoms with Gasteiger partial charge in [0.1, 0.15) is 0 Å². The van der Waals surface area contributed by atoms with Crippen molar-refractivity contribution in [1.29, 1.82) is 0 Å². The van der Waals surface area contributed by atoms with Gasteiger partial charge in [0.05, 0.1) is 0 Å². The van der Waals surface area contributed by atoms with Crippen LogP contribution in [0.15, 0.2) is 35.3 Å². The molecular formula is C13H19LiN2. The number of hydrogen-bond donors (Lipinski definition) is 0. The Balaban J connectivity index is 2.91. The Morgan fingerprint density at radius 3 is 2.00 bits per heavy atom. The molecule has 0 saturated heterocycles. The summed E-state index contributed by atoms with van der Waals surface area (Å²) < 4.78 is 1.08. The molecule has 0 atom stereocenters. The Morgan fingerprint density at radius 1 is 1.06 bits per heavy atom. The van der Waals surface area contributed by atoms with Crippen molar-refractivity contribution in [1.82, 2.24) is 4.90 Å². The first-order valence-corrected chi connectivity index (χ1v) is 5.91. The molecule has 0 aliphatic heterocycles. The van der Waals surface area contributed by atoms with Gasteiger partial charge in [-0.15, -0.1) is 0 Å². The van der Waals surface area contributed by atoms with Gasteiger partial charge in [-0.2, -0.15) is 0 Å². The average molecular weight is 210 g/mol. The van der Waals surface area contributed by atoms with Crippen LogP contribution in [0.2, 0.25) is 0 Å². The molecule has 82 valence electrons. The molecule has 16 heavy (non-hydrogen) atoms. The van der Waals surface area contributed by atoms with Crippen LogP contribution in [0.4, 0.5) is 5.69 Å². The van der Waals surface area contributed by atoms with Gasteiger partial charge >= 0.3 is 108 Å². The number of para-hydroxylation sites is 1. The zero-order valence-corrected chi connectivity index (χ0v) is 10.9. The molecular weight excluding hydrogens is 191 g/mol. The summed E-state index contributed by atoms with van der Waals surface area (Å²) in [4.78, 5) is 6.97. The zero-order chi connectivity index (χ0) is 12.1. The topological polar surface area (TPSA) is 15.6 Å². The molecule has 0 aromatic heterocycles. The van der Waals surface area contributed by atoms with Gasteiger partial charge in [0, 0.05) is 0 Å². The predicted molar refractivity (Wildman–Crippen MR) is 71.4 cm³/mol. The molecule has 0 unspecified atom stereocenters. The maximum absolute atomic E-state index is 4.64. The monoisotopic (exact) mass is 210 g/mol. The fourth-order valence-electron chi connectivity index (χ4n) is 2.09. The van der Waals surface area contributed by atoms with E-state index in [0.29, 0.717) is 12.1 Å². The van der Waals surface area contributed by atoms with E-state index in [1.807, 2.05) is 30.3 Å². The molecule has 0 bridgehead atoms. The van der Waals surface area contributed by atoms with E-state index >= 15 is 0 Å². The number of hydrogen-bond acceptors (Lipinski definition) is 1. The fraction of sp³-hybridized carbons (Fsp3) is 0.462. The third-order valence-electron chi connectivity index (χ3n) is 2.53. The van der Waals surface area contributed by atoms with Crippen LogP contribution in [0, 0.1) is 0 Å². The third kappa shape index (κ3) is 3.70. The van der Waals surface area contributed by atoms with Gasteiger partial charge in [-0.05, 0) is 0 Å². The van der Waals surface area contributed by atoms with Crippen molar-refractivity contribution < 1.29 is 0 Å². The van der Waals surface area contributed by atoms with Gasteiger partial charge in [0.2, 0.25) is 0 Å². The molecule has 0 saturated carbocycles. The zero-order valence-electron chi connectivity index (χ0n) is 10.9. The first-order chi connectivity index (χ1) is 7.52. The van der Waals surface area contributed by atoms with Crippen LogP contribution in [0.1, 0.15) is 27.7 Å². The molecule has 0 heterocycles. The van der Waals surface area contributed by atoms with Crippen molar-refractivity contribution in [3.63, 3.8) is 0 Å². The normalized spacial score (nSPS) is 12.4. The Morgan fingerprint density at radius 2 is 1.56 bits per heavy atom. The van der Waals surface area contributed by atoms with E-state index in [1.165, 1.54) is 0 Å². The summed E-state index contributed by atoms with van der Waals surface area (Å²) in [6.07, 6.45) is 0. The van der Waals surface area contributed by atoms with Crippen molar-refractivity contribution in [2.45, 2.75) is 39.8 Å². The minimum absolute atomic E-state index is 0.479. The summed E-state index contributed by atoms with van der Waals surface area (Å²) in [6, 6.07) is 11.1. The number of benzene rings is 1. The van der Waals surface area contributed by atoms with E-state index in [-0.39, 0.29) is 0 Å². The molecule has 1 aromatic rings. The van der Waals surface area contributed by atoms with E-state index in [1.54, 1.807) is 0 Å². The van der Waals surface area contributed by atoms with Gasteiger partial charge in [0.25, 0.3) is 0 Å². The van der Waals surface area contributed by atoms with E-state index in [4.69, 9.17) is 0 Å². The average Bonchev–Trinajstić information content (AvgIpc) is 2.17. The van der Waals surface area contributed by atoms with Gasteiger partial charge in [-0.1, -0.05) is 0 Å². The Hall–Kier alpha value is -0.713. The molecule has 0 radical (unpaired) electrons. The van der Waals surface area contributed by atoms with Crippen LogP contribution in [-0.2, 0) is 0 Å². The summed E-state index contributed by atoms with van der Waals surface area (Å²) in [7, 11) is 0. The molecule has 0 aliphatic rings. The SMILES string of the molecule is [Li][C](=Nc1ccccc1)N(C(C)C)C(C)C. The number of rotatable bonds is 3. The van der Waals surface area contributed by atoms with E-state index in [9.17, 15) is 0 Å². The first-order valence-electron chi connectivity index (χ1n) is 5.91. The second-order valence-corrected chi connectivity index (χ2v) is 4.59. The Kier molecular flexibility index (Phi) is 5.11. The van der Waals surface area contributed by atoms with Crippen LogP contribution in [0.3, 0.4) is 0 Å². The van der Waals surface area contributed by atoms with Gasteiger partial charge in [-0.25, -0.2) is 0 Å². The molecule has 0 N–H and O–H groups in total. The van der Waals surface area contributed by atoms with Crippen LogP contribution >= 0.6 is 0 Å². The second-order valence-electron chi connectivity index (χ2n) is 4.59. The standard InChI is InChI=1S/C13H19N2.Li/c1-11(2)15(12(3)4)10-14-13-8-6-5-7-9-13;/h5-9,11-12H,1-4H3;. The van der Waals surface area contributed by atoms with E-state index in [2.05, 4.69) is 55.3 Å². The quantitative estimate of drug-likeness (QED) is 0.425. The maximum atomic E-state index is 4.64. The number of aliphatic imine (C=N–C) groups is 1. The van der Waals surface area contributed by atoms with Gasteiger partial charge in [-0.3, -0.25) is 0 Å². The predicted octanol–water partition coefficient (Wildman–Crippen LogP) is 2.96. The molecule has 1 aromatic carbocycles. The van der Waals surface area contributed by atoms with Crippen molar-refractivity contribution in [2.75, 3.05) is 0 Å². The van der Waals surface area contributed by atoms with Crippen molar-refractivity contribution in [3.8, 4) is 0 Å². The summed E-state index contributed by atoms with van der Waals surface area (Å²) in [5.74, 6) is 0. The minimum atomic E-state index is 0.479. The van der Waals surface area contributed by atoms with Crippen LogP contribution in [-0.4, -0.2) is 39.2 Å². The Bertz CT molecular complexity index is 336. The molecule has 0 aliphatic carbocycles. The van der Waals surface area contributed by atoms with Crippen LogP contribution in [0.5, 0.6) is 0 Å². The summed E-state index contributed by atoms with van der Waals surface area (Å²) in [6.45, 7) is 8.79. The summed E-state index contributed by atoms with van der Waals surface area (Å²) in [5, 5.41) is 0. The molecule has 0 amide bonds. The van der Waals surface area contributed by atoms with E-state index in [0.717, 1.165) is 10.2 Å². The molecule has 1 rings (SSSR count). The van der Waals surface area contributed by atoms with E-state index < -0.39 is 0 Å². The molecule has 0 fully saturated rings. The number of amidine groups is 1. The fourth-order valence-corrected chi connectivity index (χ4v) is 2.09. The van der Waals surface area contributed by atoms with Crippen molar-refractivity contribution in [3.05, 3.63) is 30.3 Å². The molecule has 3 heteroatoms. The van der Waals surface area contributed by atoms with Gasteiger partial charge in [0.15, 0.2) is 0 Å². The summed E-state index contributed by atoms with van der Waals surface area (Å²) >= 11 is 2.08. The van der Waals surface area contributed by atoms with Gasteiger partial charge < -0.3 is 0 Å². The van der Waals surface area contributed by atoms with Crippen molar-refractivity contribution >= 4 is 27.9 Å². The third-order valence-corrected chi connectivity index (χ3v) is 2.53. The van der Waals surface area contributed by atoms with Crippen LogP contribution < -0.4 is 0 Å². The Labute approximate surface area is 108 Å². The van der Waals surface area contributed by atoms with Crippen molar-refractivity contribution in [2.24, 2.45) is 4.99 Å². The number of nitrogens with zero attached hydrogens (tertiary/aromatic N) is 2. The molecule has 0 spiro atoms. The van der Waals surface area contributed by atoms with Crippen LogP contribution in [0.25, 0.3) is 0 Å². The molecule has 2 nitrogen and oxygen atoms in total. The first kappa shape index (κ1) is 13.4. The second kappa shape index (κ2) is 6.13.